The molecule has 0 radical (unpaired) electrons. The molecule has 0 aliphatic carbocycles. The molecule has 1 heterocycles. The summed E-state index contributed by atoms with van der Waals surface area (Å²) in [7, 11) is 0. The van der Waals surface area contributed by atoms with E-state index in [2.05, 4.69) is 11.6 Å². The van der Waals surface area contributed by atoms with Gasteiger partial charge in [0.2, 0.25) is 0 Å². The summed E-state index contributed by atoms with van der Waals surface area (Å²) in [5.41, 5.74) is 1.69. The molecule has 0 amide bonds. The molecule has 0 saturated heterocycles. The van der Waals surface area contributed by atoms with Crippen LogP contribution < -0.4 is 0 Å². The first-order chi connectivity index (χ1) is 9.31. The van der Waals surface area contributed by atoms with E-state index in [9.17, 15) is 4.79 Å². The van der Waals surface area contributed by atoms with Gasteiger partial charge in [0.25, 0.3) is 5.91 Å². The van der Waals surface area contributed by atoms with Crippen LogP contribution in [0.2, 0.25) is 0 Å². The topological polar surface area (TPSA) is 34.9 Å². The Morgan fingerprint density at radius 2 is 1.95 bits per heavy atom. The number of benzene rings is 2. The Bertz CT molecular complexity index is 758. The van der Waals surface area contributed by atoms with E-state index < -0.39 is 0 Å². The highest BCUT2D eigenvalue weighted by Crippen LogP contribution is 2.24. The van der Waals surface area contributed by atoms with Gasteiger partial charge in [-0.05, 0) is 22.4 Å². The predicted molar refractivity (Wildman–Crippen MR) is 76.0 cm³/mol. The van der Waals surface area contributed by atoms with Crippen molar-refractivity contribution < 1.29 is 4.79 Å². The zero-order valence-electron chi connectivity index (χ0n) is 10.3. The van der Waals surface area contributed by atoms with Gasteiger partial charge in [0.05, 0.1) is 0 Å². The number of carbonyl (C=O) groups is 1. The highest BCUT2D eigenvalue weighted by molar-refractivity contribution is 6.09. The standard InChI is InChI=1S/C16H12N2O/c1-2-12-7-8-15(14-6-4-3-5-13(12)14)16(19)18-10-9-17-11-18/h2-11H,1H2. The Morgan fingerprint density at radius 3 is 2.63 bits per heavy atom. The molecule has 3 heteroatoms. The second-order valence-electron chi connectivity index (χ2n) is 4.23. The second-order valence-corrected chi connectivity index (χ2v) is 4.23. The molecule has 0 aliphatic heterocycles. The fourth-order valence-electron chi connectivity index (χ4n) is 2.21. The fourth-order valence-corrected chi connectivity index (χ4v) is 2.21. The number of rotatable bonds is 2. The van der Waals surface area contributed by atoms with E-state index in [1.165, 1.54) is 10.9 Å². The lowest BCUT2D eigenvalue weighted by Gasteiger charge is -2.08. The monoisotopic (exact) mass is 248 g/mol. The first kappa shape index (κ1) is 11.4. The van der Waals surface area contributed by atoms with Crippen molar-refractivity contribution in [2.45, 2.75) is 0 Å². The lowest BCUT2D eigenvalue weighted by molar-refractivity contribution is 0.0961. The van der Waals surface area contributed by atoms with Gasteiger partial charge in [-0.1, -0.05) is 43.0 Å². The van der Waals surface area contributed by atoms with Gasteiger partial charge in [-0.2, -0.15) is 0 Å². The molecule has 0 aliphatic rings. The van der Waals surface area contributed by atoms with Gasteiger partial charge < -0.3 is 0 Å². The van der Waals surface area contributed by atoms with E-state index in [4.69, 9.17) is 0 Å². The van der Waals surface area contributed by atoms with Crippen LogP contribution in [0.5, 0.6) is 0 Å². The minimum absolute atomic E-state index is 0.0793. The maximum Gasteiger partial charge on any atom is 0.263 e. The maximum absolute atomic E-state index is 12.4. The lowest BCUT2D eigenvalue weighted by atomic mass is 9.99. The van der Waals surface area contributed by atoms with Crippen LogP contribution in [0.4, 0.5) is 0 Å². The van der Waals surface area contributed by atoms with E-state index in [1.807, 2.05) is 36.4 Å². The number of hydrogen-bond donors (Lipinski definition) is 0. The summed E-state index contributed by atoms with van der Waals surface area (Å²) in [6, 6.07) is 11.6. The van der Waals surface area contributed by atoms with Crippen molar-refractivity contribution in [3.63, 3.8) is 0 Å². The third-order valence-electron chi connectivity index (χ3n) is 3.15. The van der Waals surface area contributed by atoms with Gasteiger partial charge in [0.15, 0.2) is 0 Å². The summed E-state index contributed by atoms with van der Waals surface area (Å²) in [6.07, 6.45) is 6.56. The van der Waals surface area contributed by atoms with Crippen molar-refractivity contribution >= 4 is 22.8 Å². The van der Waals surface area contributed by atoms with Crippen molar-refractivity contribution in [1.29, 1.82) is 0 Å². The van der Waals surface area contributed by atoms with Crippen LogP contribution in [0.15, 0.2) is 61.7 Å². The van der Waals surface area contributed by atoms with Gasteiger partial charge in [0, 0.05) is 18.0 Å². The summed E-state index contributed by atoms with van der Waals surface area (Å²) in [5, 5.41) is 1.96. The third-order valence-corrected chi connectivity index (χ3v) is 3.15. The molecule has 0 N–H and O–H groups in total. The molecule has 0 bridgehead atoms. The Hall–Kier alpha value is -2.68. The van der Waals surface area contributed by atoms with Gasteiger partial charge in [-0.15, -0.1) is 0 Å². The largest absolute Gasteiger partial charge is 0.272 e. The molecular formula is C16H12N2O. The Balaban J connectivity index is 2.26. The molecule has 92 valence electrons. The lowest BCUT2D eigenvalue weighted by Crippen LogP contribution is -2.10. The average Bonchev–Trinajstić information content (AvgIpc) is 2.99. The van der Waals surface area contributed by atoms with E-state index in [1.54, 1.807) is 18.5 Å². The molecule has 3 rings (SSSR count). The first-order valence-corrected chi connectivity index (χ1v) is 5.98. The van der Waals surface area contributed by atoms with E-state index in [0.717, 1.165) is 16.3 Å². The smallest absolute Gasteiger partial charge is 0.263 e. The molecule has 0 saturated carbocycles. The molecular weight excluding hydrogens is 236 g/mol. The van der Waals surface area contributed by atoms with Gasteiger partial charge in [0.1, 0.15) is 6.33 Å². The van der Waals surface area contributed by atoms with E-state index in [0.29, 0.717) is 5.56 Å². The van der Waals surface area contributed by atoms with Crippen molar-refractivity contribution in [3.05, 3.63) is 72.8 Å². The Labute approximate surface area is 110 Å². The molecule has 3 nitrogen and oxygen atoms in total. The molecule has 19 heavy (non-hydrogen) atoms. The zero-order chi connectivity index (χ0) is 13.2. The number of imidazole rings is 1. The summed E-state index contributed by atoms with van der Waals surface area (Å²) < 4.78 is 1.48. The van der Waals surface area contributed by atoms with Crippen molar-refractivity contribution in [3.8, 4) is 0 Å². The Kier molecular flexibility index (Phi) is 2.72. The van der Waals surface area contributed by atoms with Crippen LogP contribution in [-0.4, -0.2) is 15.5 Å². The third kappa shape index (κ3) is 1.85. The molecule has 0 fully saturated rings. The van der Waals surface area contributed by atoms with Crippen LogP contribution >= 0.6 is 0 Å². The molecule has 1 aromatic heterocycles. The van der Waals surface area contributed by atoms with Crippen molar-refractivity contribution in [2.75, 3.05) is 0 Å². The number of aromatic nitrogens is 2. The zero-order valence-corrected chi connectivity index (χ0v) is 10.3. The number of carbonyl (C=O) groups excluding carboxylic acids is 1. The SMILES string of the molecule is C=Cc1ccc(C(=O)n2ccnc2)c2ccccc12. The normalized spacial score (nSPS) is 10.5. The van der Waals surface area contributed by atoms with Crippen LogP contribution in [0.3, 0.4) is 0 Å². The van der Waals surface area contributed by atoms with Crippen LogP contribution in [-0.2, 0) is 0 Å². The highest BCUT2D eigenvalue weighted by Gasteiger charge is 2.12. The van der Waals surface area contributed by atoms with Crippen molar-refractivity contribution in [1.82, 2.24) is 9.55 Å². The predicted octanol–water partition coefficient (Wildman–Crippen LogP) is 3.37. The number of fused-ring (bicyclic) bond motifs is 1. The number of nitrogens with zero attached hydrogens (tertiary/aromatic N) is 2. The molecule has 0 spiro atoms. The van der Waals surface area contributed by atoms with Crippen LogP contribution in [0.1, 0.15) is 15.9 Å². The summed E-state index contributed by atoms with van der Waals surface area (Å²) in [4.78, 5) is 16.3. The number of hydrogen-bond acceptors (Lipinski definition) is 2. The van der Waals surface area contributed by atoms with Crippen LogP contribution in [0, 0.1) is 0 Å². The minimum Gasteiger partial charge on any atom is -0.272 e. The molecule has 3 aromatic rings. The summed E-state index contributed by atoms with van der Waals surface area (Å²) in [6.45, 7) is 3.81. The molecule has 0 unspecified atom stereocenters. The van der Waals surface area contributed by atoms with Gasteiger partial charge in [-0.3, -0.25) is 9.36 Å². The summed E-state index contributed by atoms with van der Waals surface area (Å²) in [5.74, 6) is -0.0793. The average molecular weight is 248 g/mol. The van der Waals surface area contributed by atoms with E-state index in [-0.39, 0.29) is 5.91 Å². The van der Waals surface area contributed by atoms with Crippen LogP contribution in [0.25, 0.3) is 16.8 Å². The van der Waals surface area contributed by atoms with Crippen molar-refractivity contribution in [2.24, 2.45) is 0 Å². The summed E-state index contributed by atoms with van der Waals surface area (Å²) >= 11 is 0. The highest BCUT2D eigenvalue weighted by atomic mass is 16.2. The quantitative estimate of drug-likeness (QED) is 0.697. The minimum atomic E-state index is -0.0793. The Morgan fingerprint density at radius 1 is 1.16 bits per heavy atom. The van der Waals surface area contributed by atoms with Gasteiger partial charge >= 0.3 is 0 Å². The second kappa shape index (κ2) is 4.53. The van der Waals surface area contributed by atoms with E-state index >= 15 is 0 Å². The molecule has 2 aromatic carbocycles. The van der Waals surface area contributed by atoms with Gasteiger partial charge in [-0.25, -0.2) is 4.98 Å². The molecule has 0 atom stereocenters. The first-order valence-electron chi connectivity index (χ1n) is 5.98. The fraction of sp³-hybridized carbons (Fsp3) is 0. The maximum atomic E-state index is 12.4.